The van der Waals surface area contributed by atoms with Crippen molar-refractivity contribution in [1.29, 1.82) is 0 Å². The number of H-pyrrole nitrogens is 1. The molecule has 0 radical (unpaired) electrons. The quantitative estimate of drug-likeness (QED) is 0.812. The number of aryl methyl sites for hydroxylation is 1. The van der Waals surface area contributed by atoms with E-state index in [2.05, 4.69) is 9.97 Å². The summed E-state index contributed by atoms with van der Waals surface area (Å²) in [6.07, 6.45) is 3.94. The molecule has 1 aliphatic rings. The van der Waals surface area contributed by atoms with E-state index in [4.69, 9.17) is 0 Å². The molecule has 1 saturated carbocycles. The van der Waals surface area contributed by atoms with Gasteiger partial charge in [-0.3, -0.25) is 4.79 Å². The first-order chi connectivity index (χ1) is 8.04. The van der Waals surface area contributed by atoms with Gasteiger partial charge in [0.25, 0.3) is 0 Å². The second kappa shape index (κ2) is 4.31. The third-order valence-electron chi connectivity index (χ3n) is 3.49. The Hall–Kier alpha value is -1.65. The highest BCUT2D eigenvalue weighted by Gasteiger charge is 2.42. The molecule has 0 amide bonds. The number of nitrogens with zero attached hydrogens (tertiary/aromatic N) is 1. The Morgan fingerprint density at radius 2 is 2.06 bits per heavy atom. The minimum atomic E-state index is -0.961. The second-order valence-electron chi connectivity index (χ2n) is 4.70. The lowest BCUT2D eigenvalue weighted by atomic mass is 9.71. The highest BCUT2D eigenvalue weighted by Crippen LogP contribution is 2.38. The molecule has 2 N–H and O–H groups in total. The van der Waals surface area contributed by atoms with Crippen molar-refractivity contribution in [1.82, 2.24) is 9.97 Å². The highest BCUT2D eigenvalue weighted by molar-refractivity contribution is 5.80. The minimum Gasteiger partial charge on any atom is -0.481 e. The van der Waals surface area contributed by atoms with Crippen LogP contribution in [0.2, 0.25) is 0 Å². The minimum absolute atomic E-state index is 0.408. The van der Waals surface area contributed by atoms with E-state index < -0.39 is 17.1 Å². The van der Waals surface area contributed by atoms with Crippen molar-refractivity contribution in [2.24, 2.45) is 0 Å². The molecule has 5 nitrogen and oxygen atoms in total. The van der Waals surface area contributed by atoms with Crippen LogP contribution in [0.25, 0.3) is 0 Å². The summed E-state index contributed by atoms with van der Waals surface area (Å²) in [6.45, 7) is 1.74. The molecule has 17 heavy (non-hydrogen) atoms. The number of rotatable bonds is 2. The van der Waals surface area contributed by atoms with Crippen molar-refractivity contribution < 1.29 is 9.90 Å². The smallest absolute Gasteiger partial charge is 0.345 e. The summed E-state index contributed by atoms with van der Waals surface area (Å²) < 4.78 is 0. The van der Waals surface area contributed by atoms with Crippen LogP contribution in [0.1, 0.15) is 43.5 Å². The molecule has 0 bridgehead atoms. The molecule has 0 unspecified atom stereocenters. The van der Waals surface area contributed by atoms with Gasteiger partial charge in [-0.25, -0.2) is 4.79 Å². The average molecular weight is 236 g/mol. The molecular formula is C12H16N2O3. The van der Waals surface area contributed by atoms with Crippen molar-refractivity contribution >= 4 is 5.97 Å². The fourth-order valence-corrected chi connectivity index (χ4v) is 2.56. The summed E-state index contributed by atoms with van der Waals surface area (Å²) >= 11 is 0. The molecule has 0 atom stereocenters. The van der Waals surface area contributed by atoms with Crippen molar-refractivity contribution in [3.05, 3.63) is 27.9 Å². The van der Waals surface area contributed by atoms with Gasteiger partial charge in [0, 0.05) is 5.69 Å². The predicted octanol–water partition coefficient (Wildman–Crippen LogP) is 1.36. The largest absolute Gasteiger partial charge is 0.481 e. The molecule has 2 rings (SSSR count). The van der Waals surface area contributed by atoms with E-state index in [9.17, 15) is 14.7 Å². The van der Waals surface area contributed by atoms with Crippen LogP contribution in [-0.2, 0) is 10.2 Å². The average Bonchev–Trinajstić information content (AvgIpc) is 2.28. The Labute approximate surface area is 98.9 Å². The van der Waals surface area contributed by atoms with Crippen LogP contribution in [0, 0.1) is 6.92 Å². The number of nitrogens with one attached hydrogen (secondary N) is 1. The van der Waals surface area contributed by atoms with Crippen LogP contribution in [0.4, 0.5) is 0 Å². The third-order valence-corrected chi connectivity index (χ3v) is 3.49. The lowest BCUT2D eigenvalue weighted by Gasteiger charge is -2.32. The first-order valence-corrected chi connectivity index (χ1v) is 5.86. The van der Waals surface area contributed by atoms with Gasteiger partial charge >= 0.3 is 11.7 Å². The Kier molecular flexibility index (Phi) is 3.00. The number of hydrogen-bond donors (Lipinski definition) is 2. The summed E-state index contributed by atoms with van der Waals surface area (Å²) in [7, 11) is 0. The van der Waals surface area contributed by atoms with E-state index in [0.717, 1.165) is 19.3 Å². The SMILES string of the molecule is Cc1cc(C2(C(=O)O)CCCCC2)nc(=O)[nH]1. The number of hydrogen-bond acceptors (Lipinski definition) is 3. The van der Waals surface area contributed by atoms with E-state index in [-0.39, 0.29) is 0 Å². The number of aromatic amines is 1. The van der Waals surface area contributed by atoms with E-state index in [1.165, 1.54) is 0 Å². The molecule has 1 aromatic rings. The van der Waals surface area contributed by atoms with Crippen LogP contribution in [0.5, 0.6) is 0 Å². The maximum atomic E-state index is 11.5. The normalized spacial score (nSPS) is 18.9. The van der Waals surface area contributed by atoms with Gasteiger partial charge in [-0.1, -0.05) is 19.3 Å². The lowest BCUT2D eigenvalue weighted by Crippen LogP contribution is -2.40. The van der Waals surface area contributed by atoms with Crippen LogP contribution in [-0.4, -0.2) is 21.0 Å². The van der Waals surface area contributed by atoms with Crippen molar-refractivity contribution in [3.8, 4) is 0 Å². The molecule has 1 aliphatic carbocycles. The maximum Gasteiger partial charge on any atom is 0.345 e. The number of carboxylic acid groups (broad SMARTS) is 1. The van der Waals surface area contributed by atoms with Gasteiger partial charge in [0.15, 0.2) is 0 Å². The fraction of sp³-hybridized carbons (Fsp3) is 0.583. The first-order valence-electron chi connectivity index (χ1n) is 5.86. The van der Waals surface area contributed by atoms with Gasteiger partial charge < -0.3 is 10.1 Å². The first kappa shape index (κ1) is 11.8. The Bertz CT molecular complexity index is 487. The van der Waals surface area contributed by atoms with Gasteiger partial charge in [-0.05, 0) is 25.8 Å². The number of carbonyl (C=O) groups is 1. The molecular weight excluding hydrogens is 220 g/mol. The zero-order valence-electron chi connectivity index (χ0n) is 9.82. The molecule has 0 spiro atoms. The monoisotopic (exact) mass is 236 g/mol. The molecule has 5 heteroatoms. The lowest BCUT2D eigenvalue weighted by molar-refractivity contribution is -0.145. The van der Waals surface area contributed by atoms with Crippen molar-refractivity contribution in [2.45, 2.75) is 44.4 Å². The zero-order chi connectivity index (χ0) is 12.5. The van der Waals surface area contributed by atoms with Gasteiger partial charge in [-0.15, -0.1) is 0 Å². The fourth-order valence-electron chi connectivity index (χ4n) is 2.56. The maximum absolute atomic E-state index is 11.5. The molecule has 0 aromatic carbocycles. The topological polar surface area (TPSA) is 83.0 Å². The van der Waals surface area contributed by atoms with Gasteiger partial charge in [0.1, 0.15) is 5.41 Å². The summed E-state index contributed by atoms with van der Waals surface area (Å²) in [5.41, 5.74) is -0.361. The second-order valence-corrected chi connectivity index (χ2v) is 4.70. The van der Waals surface area contributed by atoms with E-state index in [1.54, 1.807) is 13.0 Å². The summed E-state index contributed by atoms with van der Waals surface area (Å²) in [5, 5.41) is 9.47. The highest BCUT2D eigenvalue weighted by atomic mass is 16.4. The Morgan fingerprint density at radius 1 is 1.41 bits per heavy atom. The molecule has 0 aliphatic heterocycles. The van der Waals surface area contributed by atoms with Crippen LogP contribution in [0.15, 0.2) is 10.9 Å². The molecule has 1 aromatic heterocycles. The number of carboxylic acids is 1. The van der Waals surface area contributed by atoms with Crippen molar-refractivity contribution in [2.75, 3.05) is 0 Å². The summed E-state index contributed by atoms with van der Waals surface area (Å²) in [4.78, 5) is 29.3. The van der Waals surface area contributed by atoms with Crippen LogP contribution >= 0.6 is 0 Å². The van der Waals surface area contributed by atoms with Crippen molar-refractivity contribution in [3.63, 3.8) is 0 Å². The van der Waals surface area contributed by atoms with E-state index in [0.29, 0.717) is 24.2 Å². The molecule has 0 saturated heterocycles. The molecule has 92 valence electrons. The van der Waals surface area contributed by atoms with E-state index in [1.807, 2.05) is 0 Å². The zero-order valence-corrected chi connectivity index (χ0v) is 9.82. The van der Waals surface area contributed by atoms with Gasteiger partial charge in [-0.2, -0.15) is 4.98 Å². The van der Waals surface area contributed by atoms with Crippen LogP contribution in [0.3, 0.4) is 0 Å². The predicted molar refractivity (Wildman–Crippen MR) is 62.0 cm³/mol. The number of aromatic nitrogens is 2. The summed E-state index contributed by atoms with van der Waals surface area (Å²) in [6, 6.07) is 1.68. The molecule has 1 fully saturated rings. The molecule has 1 heterocycles. The standard InChI is InChI=1S/C12H16N2O3/c1-8-7-9(14-11(17)13-8)12(10(15)16)5-3-2-4-6-12/h7H,2-6H2,1H3,(H,15,16)(H,13,14,17). The van der Waals surface area contributed by atoms with E-state index >= 15 is 0 Å². The summed E-state index contributed by atoms with van der Waals surface area (Å²) in [5.74, 6) is -0.866. The van der Waals surface area contributed by atoms with Gasteiger partial charge in [0.05, 0.1) is 5.69 Å². The van der Waals surface area contributed by atoms with Crippen LogP contribution < -0.4 is 5.69 Å². The number of aliphatic carboxylic acids is 1. The van der Waals surface area contributed by atoms with Gasteiger partial charge in [0.2, 0.25) is 0 Å². The Morgan fingerprint density at radius 3 is 2.59 bits per heavy atom. The third kappa shape index (κ3) is 2.09. The Balaban J connectivity index is 2.52.